The minimum atomic E-state index is -0.839. The van der Waals surface area contributed by atoms with Crippen LogP contribution in [-0.4, -0.2) is 38.2 Å². The highest BCUT2D eigenvalue weighted by Crippen LogP contribution is 2.37. The minimum absolute atomic E-state index is 0.315. The Bertz CT molecular complexity index is 1010. The Morgan fingerprint density at radius 1 is 1.37 bits per heavy atom. The lowest BCUT2D eigenvalue weighted by Gasteiger charge is -2.24. The van der Waals surface area contributed by atoms with Crippen LogP contribution in [0.5, 0.6) is 0 Å². The molecule has 1 aliphatic rings. The molecule has 1 fully saturated rings. The summed E-state index contributed by atoms with van der Waals surface area (Å²) >= 11 is 12.6. The highest BCUT2D eigenvalue weighted by Gasteiger charge is 2.37. The molecular weight excluding hydrogens is 387 g/mol. The van der Waals surface area contributed by atoms with Crippen LogP contribution in [0, 0.1) is 5.92 Å². The summed E-state index contributed by atoms with van der Waals surface area (Å²) in [5, 5.41) is 11.3. The zero-order chi connectivity index (χ0) is 19.1. The zero-order valence-corrected chi connectivity index (χ0v) is 16.2. The maximum Gasteiger partial charge on any atom is 0.326 e. The van der Waals surface area contributed by atoms with Gasteiger partial charge in [-0.3, -0.25) is 0 Å². The molecule has 1 saturated heterocycles. The van der Waals surface area contributed by atoms with Gasteiger partial charge in [-0.2, -0.15) is 0 Å². The Morgan fingerprint density at radius 2 is 2.19 bits per heavy atom. The first-order chi connectivity index (χ1) is 13.0. The number of anilines is 1. The standard InChI is InChI=1S/C19H18Cl2N4O2/c1-2-11-7-15(19(26)27)25(9-11)16-8-14(24-6-5-22-10-24)12-3-4-13(20)17(21)18(12)23-16/h3-6,8,10-11,15H,2,7,9H2,1H3,(H,26,27)/t11-,15-/m0/s1. The van der Waals surface area contributed by atoms with Crippen molar-refractivity contribution in [3.63, 3.8) is 0 Å². The number of rotatable bonds is 4. The smallest absolute Gasteiger partial charge is 0.326 e. The molecule has 1 aromatic carbocycles. The predicted octanol–water partition coefficient (Wildman–Crippen LogP) is 4.42. The maximum atomic E-state index is 11.8. The molecule has 27 heavy (non-hydrogen) atoms. The lowest BCUT2D eigenvalue weighted by atomic mass is 10.0. The van der Waals surface area contributed by atoms with Gasteiger partial charge >= 0.3 is 5.97 Å². The average molecular weight is 405 g/mol. The van der Waals surface area contributed by atoms with Gasteiger partial charge in [0.1, 0.15) is 11.9 Å². The first-order valence-electron chi connectivity index (χ1n) is 8.76. The third-order valence-electron chi connectivity index (χ3n) is 5.16. The van der Waals surface area contributed by atoms with Crippen LogP contribution in [0.2, 0.25) is 10.0 Å². The Labute approximate surface area is 166 Å². The summed E-state index contributed by atoms with van der Waals surface area (Å²) < 4.78 is 1.86. The molecule has 6 nitrogen and oxygen atoms in total. The number of aromatic nitrogens is 3. The van der Waals surface area contributed by atoms with E-state index in [0.717, 1.165) is 17.5 Å². The molecule has 0 amide bonds. The molecule has 0 spiro atoms. The third kappa shape index (κ3) is 3.13. The van der Waals surface area contributed by atoms with E-state index in [1.54, 1.807) is 18.6 Å². The van der Waals surface area contributed by atoms with Crippen LogP contribution in [0.15, 0.2) is 36.9 Å². The number of pyridine rings is 1. The number of fused-ring (bicyclic) bond motifs is 1. The Hall–Kier alpha value is -2.31. The van der Waals surface area contributed by atoms with Crippen molar-refractivity contribution in [2.24, 2.45) is 5.92 Å². The van der Waals surface area contributed by atoms with Gasteiger partial charge in [0, 0.05) is 30.4 Å². The van der Waals surface area contributed by atoms with Crippen LogP contribution in [0.25, 0.3) is 16.6 Å². The molecule has 140 valence electrons. The number of benzene rings is 1. The van der Waals surface area contributed by atoms with E-state index in [0.29, 0.717) is 40.3 Å². The number of carboxylic acids is 1. The number of carboxylic acid groups (broad SMARTS) is 1. The SMILES string of the molecule is CC[C@H]1C[C@@H](C(=O)O)N(c2cc(-n3ccnc3)c3ccc(Cl)c(Cl)c3n2)C1. The van der Waals surface area contributed by atoms with Crippen molar-refractivity contribution in [1.29, 1.82) is 0 Å². The Morgan fingerprint density at radius 3 is 2.85 bits per heavy atom. The quantitative estimate of drug-likeness (QED) is 0.696. The van der Waals surface area contributed by atoms with Gasteiger partial charge in [0.25, 0.3) is 0 Å². The van der Waals surface area contributed by atoms with Crippen molar-refractivity contribution in [2.75, 3.05) is 11.4 Å². The molecule has 3 aromatic rings. The highest BCUT2D eigenvalue weighted by atomic mass is 35.5. The van der Waals surface area contributed by atoms with Gasteiger partial charge in [-0.05, 0) is 24.5 Å². The molecule has 4 rings (SSSR count). The van der Waals surface area contributed by atoms with Crippen molar-refractivity contribution in [2.45, 2.75) is 25.8 Å². The monoisotopic (exact) mass is 404 g/mol. The molecule has 2 aromatic heterocycles. The molecule has 0 radical (unpaired) electrons. The first kappa shape index (κ1) is 18.1. The van der Waals surface area contributed by atoms with Crippen LogP contribution in [0.3, 0.4) is 0 Å². The number of nitrogens with zero attached hydrogens (tertiary/aromatic N) is 4. The molecule has 0 aliphatic carbocycles. The fourth-order valence-corrected chi connectivity index (χ4v) is 4.03. The number of aliphatic carboxylic acids is 1. The van der Waals surface area contributed by atoms with Crippen molar-refractivity contribution in [3.8, 4) is 5.69 Å². The van der Waals surface area contributed by atoms with Gasteiger partial charge in [0.15, 0.2) is 0 Å². The van der Waals surface area contributed by atoms with E-state index in [-0.39, 0.29) is 0 Å². The van der Waals surface area contributed by atoms with Gasteiger partial charge < -0.3 is 14.6 Å². The van der Waals surface area contributed by atoms with Gasteiger partial charge in [0.2, 0.25) is 0 Å². The number of hydrogen-bond donors (Lipinski definition) is 1. The molecule has 1 N–H and O–H groups in total. The van der Waals surface area contributed by atoms with Crippen LogP contribution in [0.4, 0.5) is 5.82 Å². The molecule has 0 saturated carbocycles. The van der Waals surface area contributed by atoms with E-state index in [1.165, 1.54) is 0 Å². The molecule has 2 atom stereocenters. The normalized spacial score (nSPS) is 19.7. The van der Waals surface area contributed by atoms with Crippen molar-refractivity contribution in [3.05, 3.63) is 47.0 Å². The fraction of sp³-hybridized carbons (Fsp3) is 0.316. The van der Waals surface area contributed by atoms with E-state index in [9.17, 15) is 9.90 Å². The van der Waals surface area contributed by atoms with Crippen LogP contribution < -0.4 is 4.90 Å². The van der Waals surface area contributed by atoms with Crippen molar-refractivity contribution < 1.29 is 9.90 Å². The van der Waals surface area contributed by atoms with Crippen LogP contribution >= 0.6 is 23.2 Å². The Kier molecular flexibility index (Phi) is 4.70. The lowest BCUT2D eigenvalue weighted by molar-refractivity contribution is -0.138. The summed E-state index contributed by atoms with van der Waals surface area (Å²) in [4.78, 5) is 22.5. The molecule has 0 unspecified atom stereocenters. The van der Waals surface area contributed by atoms with E-state index in [2.05, 4.69) is 11.9 Å². The predicted molar refractivity (Wildman–Crippen MR) is 106 cm³/mol. The van der Waals surface area contributed by atoms with E-state index < -0.39 is 12.0 Å². The summed E-state index contributed by atoms with van der Waals surface area (Å²) in [6, 6.07) is 4.89. The fourth-order valence-electron chi connectivity index (χ4n) is 3.67. The lowest BCUT2D eigenvalue weighted by Crippen LogP contribution is -2.36. The van der Waals surface area contributed by atoms with Gasteiger partial charge in [-0.25, -0.2) is 14.8 Å². The van der Waals surface area contributed by atoms with Gasteiger partial charge in [0.05, 0.1) is 27.6 Å². The summed E-state index contributed by atoms with van der Waals surface area (Å²) in [5.74, 6) is 0.0584. The summed E-state index contributed by atoms with van der Waals surface area (Å²) in [6.45, 7) is 2.72. The number of imidazole rings is 1. The highest BCUT2D eigenvalue weighted by molar-refractivity contribution is 6.45. The molecule has 3 heterocycles. The first-order valence-corrected chi connectivity index (χ1v) is 9.51. The second kappa shape index (κ2) is 7.02. The van der Waals surface area contributed by atoms with Crippen LogP contribution in [0.1, 0.15) is 19.8 Å². The number of carbonyl (C=O) groups is 1. The average Bonchev–Trinajstić information content (AvgIpc) is 3.33. The minimum Gasteiger partial charge on any atom is -0.480 e. The maximum absolute atomic E-state index is 11.8. The van der Waals surface area contributed by atoms with Gasteiger partial charge in [-0.1, -0.05) is 36.5 Å². The second-order valence-electron chi connectivity index (χ2n) is 6.74. The van der Waals surface area contributed by atoms with E-state index in [1.807, 2.05) is 27.8 Å². The summed E-state index contributed by atoms with van der Waals surface area (Å²) in [7, 11) is 0. The van der Waals surface area contributed by atoms with E-state index >= 15 is 0 Å². The van der Waals surface area contributed by atoms with Crippen LogP contribution in [-0.2, 0) is 4.79 Å². The Balaban J connectivity index is 1.93. The topological polar surface area (TPSA) is 71.2 Å². The van der Waals surface area contributed by atoms with Crippen molar-refractivity contribution >= 4 is 45.9 Å². The molecule has 1 aliphatic heterocycles. The second-order valence-corrected chi connectivity index (χ2v) is 7.53. The molecular formula is C19H18Cl2N4O2. The zero-order valence-electron chi connectivity index (χ0n) is 14.6. The number of halogens is 2. The van der Waals surface area contributed by atoms with Crippen molar-refractivity contribution in [1.82, 2.24) is 14.5 Å². The largest absolute Gasteiger partial charge is 0.480 e. The summed E-state index contributed by atoms with van der Waals surface area (Å²) in [6.07, 6.45) is 6.74. The third-order valence-corrected chi connectivity index (χ3v) is 5.96. The molecule has 0 bridgehead atoms. The van der Waals surface area contributed by atoms with Gasteiger partial charge in [-0.15, -0.1) is 0 Å². The van der Waals surface area contributed by atoms with E-state index in [4.69, 9.17) is 28.2 Å². The summed E-state index contributed by atoms with van der Waals surface area (Å²) in [5.41, 5.74) is 1.38. The molecule has 8 heteroatoms. The number of hydrogen-bond acceptors (Lipinski definition) is 4.